The number of nitrogens with one attached hydrogen (secondary N) is 2. The molecule has 3 amide bonds. The normalized spacial score (nSPS) is 28.3. The number of carbonyl (C=O) groups is 7. The molecule has 5 fully saturated rings. The van der Waals surface area contributed by atoms with Crippen molar-refractivity contribution in [2.24, 2.45) is 35.5 Å². The lowest BCUT2D eigenvalue weighted by Crippen LogP contribution is -2.61. The van der Waals surface area contributed by atoms with Gasteiger partial charge in [0.15, 0.2) is 11.4 Å². The Balaban J connectivity index is 0.501. The average Bonchev–Trinajstić information content (AvgIpc) is 0.909. The van der Waals surface area contributed by atoms with Gasteiger partial charge >= 0.3 is 12.1 Å². The molecule has 1 aliphatic carbocycles. The summed E-state index contributed by atoms with van der Waals surface area (Å²) in [6.45, 7) is 23.5. The molecule has 34 nitrogen and oxygen atoms in total. The Morgan fingerprint density at radius 3 is 2.16 bits per heavy atom. The number of piperidine rings is 1. The monoisotopic (exact) mass is 1790 g/mol. The van der Waals surface area contributed by atoms with Crippen LogP contribution in [0.15, 0.2) is 121 Å². The second-order valence-corrected chi connectivity index (χ2v) is 36.4. The van der Waals surface area contributed by atoms with Crippen LogP contribution in [-0.2, 0) is 83.2 Å². The maximum Gasteiger partial charge on any atom is 0.407 e. The first-order valence-electron chi connectivity index (χ1n) is 46.1. The number of aliphatic hydroxyl groups is 2. The predicted octanol–water partition coefficient (Wildman–Crippen LogP) is 9.17. The number of allylic oxidation sites excluding steroid dienone is 6. The van der Waals surface area contributed by atoms with E-state index < -0.39 is 102 Å². The number of amides is 3. The van der Waals surface area contributed by atoms with E-state index in [9.17, 15) is 43.8 Å². The van der Waals surface area contributed by atoms with Gasteiger partial charge < -0.3 is 79.0 Å². The molecule has 14 rings (SSSR count). The quantitative estimate of drug-likeness (QED) is 0.0194. The zero-order chi connectivity index (χ0) is 91.9. The van der Waals surface area contributed by atoms with E-state index in [1.165, 1.54) is 23.9 Å². The van der Waals surface area contributed by atoms with Crippen molar-refractivity contribution < 1.29 is 76.9 Å². The zero-order valence-electron chi connectivity index (χ0n) is 76.6. The number of benzene rings is 1. The van der Waals surface area contributed by atoms with Crippen molar-refractivity contribution in [1.82, 2.24) is 74.6 Å². The number of aliphatic hydroxyl groups excluding tert-OH is 1. The second kappa shape index (κ2) is 44.0. The number of hydrogen-bond acceptors (Lipinski definition) is 29. The molecule has 34 heteroatoms. The largest absolute Gasteiger partial charge is 0.460 e. The lowest BCUT2D eigenvalue weighted by Gasteiger charge is -2.42. The molecule has 130 heavy (non-hydrogen) atoms. The van der Waals surface area contributed by atoms with Crippen LogP contribution in [-0.4, -0.2) is 288 Å². The number of H-pyrrole nitrogens is 1. The van der Waals surface area contributed by atoms with Gasteiger partial charge in [-0.1, -0.05) is 89.3 Å². The van der Waals surface area contributed by atoms with E-state index in [-0.39, 0.29) is 61.7 Å². The van der Waals surface area contributed by atoms with Gasteiger partial charge in [0.1, 0.15) is 59.7 Å². The molecule has 1 saturated carbocycles. The van der Waals surface area contributed by atoms with Gasteiger partial charge in [0, 0.05) is 197 Å². The van der Waals surface area contributed by atoms with Gasteiger partial charge in [-0.15, -0.1) is 0 Å². The number of alkyl carbamates (subject to hydrolysis) is 1. The fourth-order valence-electron chi connectivity index (χ4n) is 19.3. The minimum absolute atomic E-state index is 0.0192. The Morgan fingerprint density at radius 1 is 0.731 bits per heavy atom. The third kappa shape index (κ3) is 23.2. The van der Waals surface area contributed by atoms with E-state index >= 15 is 0 Å². The smallest absolute Gasteiger partial charge is 0.407 e. The van der Waals surface area contributed by atoms with Crippen molar-refractivity contribution in [2.75, 3.05) is 129 Å². The van der Waals surface area contributed by atoms with Crippen LogP contribution in [0.3, 0.4) is 0 Å². The SMILES string of the molecule is CO[C@H]1C[C@@H]2CC[C@@H](C)[C@@](O)(O2)C(=O)C(=O)N2CCCC[C@H]2C(=O)O[C@H]([C@H](C)C[C@@H]2CC[C@@H](OC(=O)NCc3cnc(N4CCN(CCOCCN5CCN(c6ncc(C(=O)N7CCc8cc(Cn9nc(-c%10cnc%11[nH]ccc%11c%10)c%10c(N)ncnc%109)ccc8C7)cn6)CC5)CC4)nc3)[C@H](OC)C2)CC(=O)[C@H](C)/C=C(\C)[C@@H](O)[C@@H](OC)C(=O)[C@H](C)C[C@H](C)/C=C/C=C/C=C/1C. The number of fused-ring (bicyclic) bond motifs is 6. The summed E-state index contributed by atoms with van der Waals surface area (Å²) in [6, 6.07) is 9.15. The zero-order valence-corrected chi connectivity index (χ0v) is 76.6. The molecular formula is C96H128N18O16. The number of Topliss-reactive ketones (excluding diaryl/α,β-unsaturated/α-hetero) is 3. The number of nitrogens with zero attached hydrogens (tertiary/aromatic N) is 15. The maximum atomic E-state index is 14.8. The molecule has 0 unspecified atom stereocenters. The number of cyclic esters (lactones) is 1. The van der Waals surface area contributed by atoms with Crippen molar-refractivity contribution in [2.45, 2.75) is 206 Å². The molecule has 1 aromatic carbocycles. The van der Waals surface area contributed by atoms with Crippen molar-refractivity contribution in [3.05, 3.63) is 149 Å². The van der Waals surface area contributed by atoms with Crippen LogP contribution < -0.4 is 20.9 Å². The number of nitrogen functional groups attached to an aromatic ring is 1. The minimum Gasteiger partial charge on any atom is -0.460 e. The summed E-state index contributed by atoms with van der Waals surface area (Å²) in [5.41, 5.74) is 15.0. The number of nitrogens with two attached hydrogens (primary N) is 1. The number of hydrogen-bond donors (Lipinski definition) is 5. The van der Waals surface area contributed by atoms with Crippen molar-refractivity contribution >= 4 is 81.0 Å². The maximum absolute atomic E-state index is 14.8. The fraction of sp³-hybridized carbons (Fsp3) is 0.573. The Labute approximate surface area is 759 Å². The van der Waals surface area contributed by atoms with Crippen molar-refractivity contribution in [1.29, 1.82) is 0 Å². The molecule has 6 aromatic heterocycles. The number of pyridine rings is 1. The van der Waals surface area contributed by atoms with Crippen molar-refractivity contribution in [3.63, 3.8) is 0 Å². The second-order valence-electron chi connectivity index (χ2n) is 36.4. The van der Waals surface area contributed by atoms with E-state index in [0.717, 1.165) is 98.7 Å². The molecule has 12 heterocycles. The number of piperazine rings is 2. The van der Waals surface area contributed by atoms with Crippen LogP contribution in [0.2, 0.25) is 0 Å². The lowest BCUT2D eigenvalue weighted by molar-refractivity contribution is -0.265. The highest BCUT2D eigenvalue weighted by Crippen LogP contribution is 2.40. The standard InChI is InChI=1S/C96H128N18O16/c1-59-16-12-11-13-17-60(2)78(124-8)48-74-23-19-65(7)96(123,130-74)86(118)91(120)113-28-15-14-18-75(113)92(121)128-79(49-76(115)61(3)43-64(6)84(117)85(126-10)83(116)63(5)42-59)62(4)44-66-21-24-77(80(46-66)125-9)129-95(122)104-52-68-50-100-93(101-51-68)110-34-30-108(31-35-110)38-40-127-41-39-109-32-36-111(37-33-109)94-102-54-73(55-103-94)90(119)112-29-26-69-45-67(20-22-71(69)57-112)56-114-89-81(87(97)105-58-106-89)82(107-114)72-47-70-25-27-98-88(70)99-53-72/h11-13,16-17,20,22,25,27,43,45,47,50-51,53-55,58-59,61-63,65-66,74-75,77-80,84-85,117,123H,14-15,18-19,21,23-24,26,28-42,44,46,48-49,52,56-57H2,1-10H3,(H,98,99)(H,104,122)(H2,97,105,106)/b13-11+,16-12+,60-17+,64-43+/t59-,61-,62-,63-,65-,66+,74+,75+,77-,78+,79+,80-,84-,85+,96-/m1/s1. The third-order valence-electron chi connectivity index (χ3n) is 27.3. The topological polar surface area (TPSA) is 406 Å². The number of esters is 1. The number of rotatable bonds is 21. The lowest BCUT2D eigenvalue weighted by atomic mass is 9.78. The molecular weight excluding hydrogens is 1660 g/mol. The van der Waals surface area contributed by atoms with Gasteiger partial charge in [0.25, 0.3) is 17.6 Å². The van der Waals surface area contributed by atoms with Crippen LogP contribution in [0.25, 0.3) is 33.3 Å². The third-order valence-corrected chi connectivity index (χ3v) is 27.3. The van der Waals surface area contributed by atoms with Gasteiger partial charge in [-0.25, -0.2) is 49.2 Å². The highest BCUT2D eigenvalue weighted by Gasteiger charge is 2.53. The van der Waals surface area contributed by atoms with E-state index in [1.54, 1.807) is 72.1 Å². The predicted molar refractivity (Wildman–Crippen MR) is 487 cm³/mol. The summed E-state index contributed by atoms with van der Waals surface area (Å²) < 4.78 is 44.3. The number of aromatic amines is 1. The molecule has 2 bridgehead atoms. The molecule has 698 valence electrons. The summed E-state index contributed by atoms with van der Waals surface area (Å²) in [4.78, 5) is 147. The number of carbonyl (C=O) groups excluding carboxylic acids is 7. The number of anilines is 3. The van der Waals surface area contributed by atoms with Gasteiger partial charge in [-0.2, -0.15) is 5.10 Å². The number of aromatic nitrogens is 10. The summed E-state index contributed by atoms with van der Waals surface area (Å²) in [5.74, 6) is -7.19. The molecule has 0 spiro atoms. The summed E-state index contributed by atoms with van der Waals surface area (Å²) >= 11 is 0. The van der Waals surface area contributed by atoms with Gasteiger partial charge in [-0.3, -0.25) is 33.8 Å². The highest BCUT2D eigenvalue weighted by molar-refractivity contribution is 6.39. The first kappa shape index (κ1) is 95.4. The number of methoxy groups -OCH3 is 3. The Bertz CT molecular complexity index is 5220. The molecule has 6 N–H and O–H groups in total. The number of ketones is 3. The van der Waals surface area contributed by atoms with Crippen molar-refractivity contribution in [3.8, 4) is 11.3 Å². The summed E-state index contributed by atoms with van der Waals surface area (Å²) in [6.07, 6.45) is 21.8. The Hall–Kier alpha value is -10.7. The Kier molecular flexibility index (Phi) is 32.3. The first-order chi connectivity index (χ1) is 62.7. The fourth-order valence-corrected chi connectivity index (χ4v) is 19.3. The summed E-state index contributed by atoms with van der Waals surface area (Å²) in [7, 11) is 4.51. The van der Waals surface area contributed by atoms with E-state index in [4.69, 9.17) is 44.0 Å². The minimum atomic E-state index is -2.49. The summed E-state index contributed by atoms with van der Waals surface area (Å²) in [5, 5.41) is 33.4. The van der Waals surface area contributed by atoms with E-state index in [2.05, 4.69) is 83.0 Å². The van der Waals surface area contributed by atoms with Crippen LogP contribution in [0.1, 0.15) is 158 Å². The molecule has 15 atom stereocenters. The van der Waals surface area contributed by atoms with Gasteiger partial charge in [0.05, 0.1) is 49.0 Å². The molecule has 0 radical (unpaired) electrons. The molecule has 7 aliphatic rings. The van der Waals surface area contributed by atoms with E-state index in [0.29, 0.717) is 148 Å². The van der Waals surface area contributed by atoms with Crippen LogP contribution >= 0.6 is 0 Å². The Morgan fingerprint density at radius 2 is 1.45 bits per heavy atom. The van der Waals surface area contributed by atoms with Crippen LogP contribution in [0.4, 0.5) is 22.5 Å². The molecule has 7 aromatic rings. The van der Waals surface area contributed by atoms with Gasteiger partial charge in [0.2, 0.25) is 17.7 Å². The van der Waals surface area contributed by atoms with Crippen LogP contribution in [0, 0.1) is 35.5 Å². The van der Waals surface area contributed by atoms with E-state index in [1.807, 2.05) is 86.0 Å². The molecule has 6 aliphatic heterocycles. The number of ether oxygens (including phenoxy) is 7. The average molecular weight is 1790 g/mol. The molecule has 4 saturated heterocycles. The first-order valence-corrected chi connectivity index (χ1v) is 46.1. The van der Waals surface area contributed by atoms with Gasteiger partial charge in [-0.05, 0) is 142 Å². The van der Waals surface area contributed by atoms with Crippen LogP contribution in [0.5, 0.6) is 0 Å². The highest BCUT2D eigenvalue weighted by atomic mass is 16.6.